The van der Waals surface area contributed by atoms with Crippen LogP contribution in [-0.4, -0.2) is 25.8 Å². The Bertz CT molecular complexity index is 143. The van der Waals surface area contributed by atoms with E-state index in [0.29, 0.717) is 6.10 Å². The highest BCUT2D eigenvalue weighted by atomic mass is 79.9. The van der Waals surface area contributed by atoms with E-state index >= 15 is 0 Å². The number of rotatable bonds is 4. The molecule has 1 saturated heterocycles. The summed E-state index contributed by atoms with van der Waals surface area (Å²) in [6.45, 7) is 6.47. The molecule has 0 amide bonds. The van der Waals surface area contributed by atoms with Gasteiger partial charge in [0, 0.05) is 24.2 Å². The maximum atomic E-state index is 5.55. The number of hydrogen-bond donors (Lipinski definition) is 1. The molecule has 2 nitrogen and oxygen atoms in total. The van der Waals surface area contributed by atoms with Crippen LogP contribution >= 0.6 is 15.9 Å². The van der Waals surface area contributed by atoms with E-state index in [1.165, 1.54) is 19.3 Å². The van der Waals surface area contributed by atoms with Crippen molar-refractivity contribution in [3.05, 3.63) is 11.1 Å². The minimum absolute atomic E-state index is 0.422. The molecule has 70 valence electrons. The van der Waals surface area contributed by atoms with Gasteiger partial charge in [-0.25, -0.2) is 0 Å². The summed E-state index contributed by atoms with van der Waals surface area (Å²) < 4.78 is 6.55. The second-order valence-electron chi connectivity index (χ2n) is 3.14. The van der Waals surface area contributed by atoms with E-state index in [0.717, 1.165) is 24.2 Å². The maximum Gasteiger partial charge on any atom is 0.0699 e. The Morgan fingerprint density at radius 1 is 1.58 bits per heavy atom. The van der Waals surface area contributed by atoms with Gasteiger partial charge in [0.2, 0.25) is 0 Å². The van der Waals surface area contributed by atoms with Gasteiger partial charge in [-0.3, -0.25) is 0 Å². The first-order chi connectivity index (χ1) is 5.79. The molecule has 1 rings (SSSR count). The Morgan fingerprint density at radius 3 is 3.00 bits per heavy atom. The smallest absolute Gasteiger partial charge is 0.0699 e. The van der Waals surface area contributed by atoms with Gasteiger partial charge >= 0.3 is 0 Å². The first-order valence-electron chi connectivity index (χ1n) is 4.44. The van der Waals surface area contributed by atoms with Crippen molar-refractivity contribution < 1.29 is 4.74 Å². The zero-order valence-corrected chi connectivity index (χ0v) is 8.90. The van der Waals surface area contributed by atoms with Crippen molar-refractivity contribution in [3.63, 3.8) is 0 Å². The van der Waals surface area contributed by atoms with Gasteiger partial charge in [0.25, 0.3) is 0 Å². The molecule has 0 aromatic carbocycles. The van der Waals surface area contributed by atoms with Gasteiger partial charge in [0.1, 0.15) is 0 Å². The van der Waals surface area contributed by atoms with Crippen LogP contribution in [0.4, 0.5) is 0 Å². The van der Waals surface area contributed by atoms with Crippen LogP contribution in [0.25, 0.3) is 0 Å². The zero-order valence-electron chi connectivity index (χ0n) is 7.31. The van der Waals surface area contributed by atoms with E-state index in [2.05, 4.69) is 27.8 Å². The standard InChI is InChI=1S/C9H16BrNO/c1-8(10)6-11-7-9-4-2-3-5-12-9/h9,11H,1-7H2. The highest BCUT2D eigenvalue weighted by molar-refractivity contribution is 9.11. The Balaban J connectivity index is 2.01. The molecule has 0 aromatic heterocycles. The fourth-order valence-corrected chi connectivity index (χ4v) is 1.54. The average Bonchev–Trinajstić information content (AvgIpc) is 2.05. The molecule has 1 aliphatic heterocycles. The zero-order chi connectivity index (χ0) is 8.81. The van der Waals surface area contributed by atoms with Crippen molar-refractivity contribution in [2.24, 2.45) is 0 Å². The summed E-state index contributed by atoms with van der Waals surface area (Å²) in [4.78, 5) is 0. The summed E-state index contributed by atoms with van der Waals surface area (Å²) in [7, 11) is 0. The predicted molar refractivity (Wildman–Crippen MR) is 54.5 cm³/mol. The lowest BCUT2D eigenvalue weighted by molar-refractivity contribution is 0.0175. The van der Waals surface area contributed by atoms with Crippen molar-refractivity contribution in [1.29, 1.82) is 0 Å². The summed E-state index contributed by atoms with van der Waals surface area (Å²) >= 11 is 3.30. The fraction of sp³-hybridized carbons (Fsp3) is 0.778. The SMILES string of the molecule is C=C(Br)CNCC1CCCCO1. The second-order valence-corrected chi connectivity index (χ2v) is 4.26. The van der Waals surface area contributed by atoms with Gasteiger partial charge in [0.15, 0.2) is 0 Å². The third-order valence-electron chi connectivity index (χ3n) is 1.96. The Hall–Kier alpha value is 0.140. The molecule has 1 unspecified atom stereocenters. The van der Waals surface area contributed by atoms with E-state index in [4.69, 9.17) is 4.74 Å². The first-order valence-corrected chi connectivity index (χ1v) is 5.24. The summed E-state index contributed by atoms with van der Waals surface area (Å²) in [6.07, 6.45) is 4.15. The summed E-state index contributed by atoms with van der Waals surface area (Å²) in [5.74, 6) is 0. The van der Waals surface area contributed by atoms with E-state index < -0.39 is 0 Å². The van der Waals surface area contributed by atoms with Crippen LogP contribution in [0.15, 0.2) is 11.1 Å². The lowest BCUT2D eigenvalue weighted by Crippen LogP contribution is -2.32. The molecule has 0 bridgehead atoms. The topological polar surface area (TPSA) is 21.3 Å². The molecule has 0 spiro atoms. The average molecular weight is 234 g/mol. The van der Waals surface area contributed by atoms with Gasteiger partial charge in [-0.15, -0.1) is 0 Å². The van der Waals surface area contributed by atoms with Crippen molar-refractivity contribution in [2.75, 3.05) is 19.7 Å². The molecular formula is C9H16BrNO. The number of hydrogen-bond acceptors (Lipinski definition) is 2. The second kappa shape index (κ2) is 5.73. The highest BCUT2D eigenvalue weighted by Gasteiger charge is 2.12. The molecule has 0 aromatic rings. The minimum Gasteiger partial charge on any atom is -0.377 e. The van der Waals surface area contributed by atoms with Crippen LogP contribution in [0.3, 0.4) is 0 Å². The van der Waals surface area contributed by atoms with Crippen LogP contribution in [0.2, 0.25) is 0 Å². The fourth-order valence-electron chi connectivity index (χ4n) is 1.34. The number of halogens is 1. The molecular weight excluding hydrogens is 218 g/mol. The highest BCUT2D eigenvalue weighted by Crippen LogP contribution is 2.11. The summed E-state index contributed by atoms with van der Waals surface area (Å²) in [5.41, 5.74) is 0. The molecule has 1 N–H and O–H groups in total. The largest absolute Gasteiger partial charge is 0.377 e. The van der Waals surface area contributed by atoms with E-state index in [-0.39, 0.29) is 0 Å². The third kappa shape index (κ3) is 4.24. The normalized spacial score (nSPS) is 23.9. The van der Waals surface area contributed by atoms with Crippen LogP contribution in [0.1, 0.15) is 19.3 Å². The van der Waals surface area contributed by atoms with Crippen molar-refractivity contribution >= 4 is 15.9 Å². The molecule has 1 atom stereocenters. The van der Waals surface area contributed by atoms with Gasteiger partial charge < -0.3 is 10.1 Å². The van der Waals surface area contributed by atoms with Crippen LogP contribution < -0.4 is 5.32 Å². The first kappa shape index (κ1) is 10.2. The number of nitrogens with one attached hydrogen (secondary N) is 1. The molecule has 12 heavy (non-hydrogen) atoms. The lowest BCUT2D eigenvalue weighted by atomic mass is 10.1. The molecule has 0 radical (unpaired) electrons. The van der Waals surface area contributed by atoms with Crippen molar-refractivity contribution in [2.45, 2.75) is 25.4 Å². The Labute approximate surface area is 82.5 Å². The predicted octanol–water partition coefficient (Wildman–Crippen LogP) is 2.05. The van der Waals surface area contributed by atoms with Crippen LogP contribution in [-0.2, 0) is 4.74 Å². The van der Waals surface area contributed by atoms with Gasteiger partial charge in [-0.1, -0.05) is 22.5 Å². The molecule has 0 saturated carbocycles. The van der Waals surface area contributed by atoms with E-state index in [9.17, 15) is 0 Å². The minimum atomic E-state index is 0.422. The molecule has 0 aliphatic carbocycles. The number of ether oxygens (including phenoxy) is 1. The van der Waals surface area contributed by atoms with E-state index in [1.807, 2.05) is 0 Å². The quantitative estimate of drug-likeness (QED) is 0.803. The summed E-state index contributed by atoms with van der Waals surface area (Å²) in [6, 6.07) is 0. The monoisotopic (exact) mass is 233 g/mol. The third-order valence-corrected chi connectivity index (χ3v) is 2.24. The molecule has 3 heteroatoms. The van der Waals surface area contributed by atoms with Crippen LogP contribution in [0.5, 0.6) is 0 Å². The van der Waals surface area contributed by atoms with Crippen LogP contribution in [0, 0.1) is 0 Å². The lowest BCUT2D eigenvalue weighted by Gasteiger charge is -2.22. The Morgan fingerprint density at radius 2 is 2.42 bits per heavy atom. The summed E-state index contributed by atoms with van der Waals surface area (Å²) in [5, 5.41) is 3.28. The Kier molecular flexibility index (Phi) is 4.88. The van der Waals surface area contributed by atoms with Crippen molar-refractivity contribution in [1.82, 2.24) is 5.32 Å². The van der Waals surface area contributed by atoms with E-state index in [1.54, 1.807) is 0 Å². The molecule has 1 aliphatic rings. The molecule has 1 heterocycles. The van der Waals surface area contributed by atoms with Gasteiger partial charge in [-0.2, -0.15) is 0 Å². The van der Waals surface area contributed by atoms with Crippen molar-refractivity contribution in [3.8, 4) is 0 Å². The molecule has 1 fully saturated rings. The van der Waals surface area contributed by atoms with Gasteiger partial charge in [-0.05, 0) is 19.3 Å². The van der Waals surface area contributed by atoms with Gasteiger partial charge in [0.05, 0.1) is 6.10 Å². The maximum absolute atomic E-state index is 5.55.